The highest BCUT2D eigenvalue weighted by Gasteiger charge is 2.52. The predicted octanol–water partition coefficient (Wildman–Crippen LogP) is 4.14. The standard InChI is InChI=1S/C17H27IO3/c1-4-13-8-9-14(17(13,3)12(2)19)15(11-18)21-16-7-5-6-10-20-16/h4,13-16H,1,5-11H2,2-3H3/t13-,14?,15-,16?,17+/m0/s1. The zero-order valence-corrected chi connectivity index (χ0v) is 15.3. The molecule has 0 aromatic rings. The molecule has 21 heavy (non-hydrogen) atoms. The zero-order chi connectivity index (χ0) is 15.5. The fourth-order valence-electron chi connectivity index (χ4n) is 3.94. The van der Waals surface area contributed by atoms with Gasteiger partial charge in [0.1, 0.15) is 5.78 Å². The summed E-state index contributed by atoms with van der Waals surface area (Å²) in [6.07, 6.45) is 7.30. The lowest BCUT2D eigenvalue weighted by Crippen LogP contribution is -2.44. The van der Waals surface area contributed by atoms with Crippen LogP contribution in [0.3, 0.4) is 0 Å². The van der Waals surface area contributed by atoms with Crippen molar-refractivity contribution in [3.8, 4) is 0 Å². The largest absolute Gasteiger partial charge is 0.353 e. The first-order valence-electron chi connectivity index (χ1n) is 8.00. The van der Waals surface area contributed by atoms with Gasteiger partial charge in [-0.25, -0.2) is 0 Å². The number of hydrogen-bond acceptors (Lipinski definition) is 3. The molecule has 120 valence electrons. The molecule has 0 amide bonds. The Balaban J connectivity index is 2.12. The zero-order valence-electron chi connectivity index (χ0n) is 13.1. The van der Waals surface area contributed by atoms with Gasteiger partial charge in [0.05, 0.1) is 6.10 Å². The maximum atomic E-state index is 12.3. The van der Waals surface area contributed by atoms with Crippen LogP contribution >= 0.6 is 22.6 Å². The molecule has 0 spiro atoms. The predicted molar refractivity (Wildman–Crippen MR) is 92.6 cm³/mol. The van der Waals surface area contributed by atoms with Crippen LogP contribution in [-0.2, 0) is 14.3 Å². The molecule has 0 radical (unpaired) electrons. The molecule has 2 fully saturated rings. The van der Waals surface area contributed by atoms with Crippen LogP contribution in [0.25, 0.3) is 0 Å². The van der Waals surface area contributed by atoms with Crippen LogP contribution in [0.15, 0.2) is 12.7 Å². The van der Waals surface area contributed by atoms with Gasteiger partial charge in [0.15, 0.2) is 6.29 Å². The second kappa shape index (κ2) is 7.55. The lowest BCUT2D eigenvalue weighted by atomic mass is 9.69. The van der Waals surface area contributed by atoms with Crippen molar-refractivity contribution in [3.63, 3.8) is 0 Å². The van der Waals surface area contributed by atoms with Gasteiger partial charge in [0, 0.05) is 16.4 Å². The van der Waals surface area contributed by atoms with Crippen molar-refractivity contribution in [2.24, 2.45) is 17.3 Å². The summed E-state index contributed by atoms with van der Waals surface area (Å²) in [5.41, 5.74) is -0.341. The van der Waals surface area contributed by atoms with Gasteiger partial charge in [-0.2, -0.15) is 0 Å². The van der Waals surface area contributed by atoms with Crippen LogP contribution in [0.1, 0.15) is 46.0 Å². The van der Waals surface area contributed by atoms with E-state index in [1.165, 1.54) is 6.42 Å². The topological polar surface area (TPSA) is 35.5 Å². The maximum absolute atomic E-state index is 12.3. The van der Waals surface area contributed by atoms with Gasteiger partial charge in [0.25, 0.3) is 0 Å². The normalized spacial score (nSPS) is 38.1. The number of ether oxygens (including phenoxy) is 2. The average Bonchev–Trinajstić information content (AvgIpc) is 2.84. The molecule has 0 aromatic heterocycles. The smallest absolute Gasteiger partial charge is 0.157 e. The number of carbonyl (C=O) groups excluding carboxylic acids is 1. The average molecular weight is 406 g/mol. The molecule has 4 heteroatoms. The number of halogens is 1. The van der Waals surface area contributed by atoms with Gasteiger partial charge < -0.3 is 9.47 Å². The Morgan fingerprint density at radius 2 is 2.24 bits per heavy atom. The monoisotopic (exact) mass is 406 g/mol. The Kier molecular flexibility index (Phi) is 6.26. The first kappa shape index (κ1) is 17.4. The van der Waals surface area contributed by atoms with Crippen LogP contribution in [0, 0.1) is 17.3 Å². The quantitative estimate of drug-likeness (QED) is 0.378. The van der Waals surface area contributed by atoms with Gasteiger partial charge in [-0.05, 0) is 50.9 Å². The van der Waals surface area contributed by atoms with Crippen LogP contribution in [-0.4, -0.2) is 29.2 Å². The Hall–Kier alpha value is 0.0600. The number of ketones is 1. The molecular formula is C17H27IO3. The highest BCUT2D eigenvalue weighted by atomic mass is 127. The Bertz CT molecular complexity index is 378. The second-order valence-corrected chi connectivity index (χ2v) is 7.37. The minimum atomic E-state index is -0.341. The van der Waals surface area contributed by atoms with Crippen LogP contribution in [0.5, 0.6) is 0 Å². The van der Waals surface area contributed by atoms with E-state index in [2.05, 4.69) is 36.1 Å². The van der Waals surface area contributed by atoms with E-state index in [0.29, 0.717) is 0 Å². The molecule has 2 aliphatic rings. The molecule has 1 aliphatic heterocycles. The van der Waals surface area contributed by atoms with Gasteiger partial charge >= 0.3 is 0 Å². The molecular weight excluding hydrogens is 379 g/mol. The molecule has 2 unspecified atom stereocenters. The summed E-state index contributed by atoms with van der Waals surface area (Å²) in [4.78, 5) is 12.3. The SMILES string of the molecule is C=C[C@H]1CCC([C@H](CI)OC2CCCCO2)[C@]1(C)C(C)=O. The van der Waals surface area contributed by atoms with Gasteiger partial charge in [-0.3, -0.25) is 4.79 Å². The van der Waals surface area contributed by atoms with Crippen molar-refractivity contribution < 1.29 is 14.3 Å². The van der Waals surface area contributed by atoms with Crippen molar-refractivity contribution in [1.29, 1.82) is 0 Å². The van der Waals surface area contributed by atoms with Gasteiger partial charge in [0.2, 0.25) is 0 Å². The molecule has 0 bridgehead atoms. The lowest BCUT2D eigenvalue weighted by Gasteiger charge is -2.39. The third-order valence-electron chi connectivity index (χ3n) is 5.44. The number of rotatable bonds is 6. The number of alkyl halides is 1. The molecule has 2 rings (SSSR count). The summed E-state index contributed by atoms with van der Waals surface area (Å²) in [7, 11) is 0. The molecule has 3 nitrogen and oxygen atoms in total. The summed E-state index contributed by atoms with van der Waals surface area (Å²) < 4.78 is 12.9. The molecule has 0 N–H and O–H groups in total. The second-order valence-electron chi connectivity index (χ2n) is 6.49. The molecule has 1 saturated carbocycles. The molecule has 1 saturated heterocycles. The van der Waals surface area contributed by atoms with Crippen LogP contribution < -0.4 is 0 Å². The summed E-state index contributed by atoms with van der Waals surface area (Å²) >= 11 is 2.38. The van der Waals surface area contributed by atoms with E-state index in [1.54, 1.807) is 6.92 Å². The summed E-state index contributed by atoms with van der Waals surface area (Å²) in [5.74, 6) is 0.791. The van der Waals surface area contributed by atoms with Crippen molar-refractivity contribution in [2.45, 2.75) is 58.3 Å². The fraction of sp³-hybridized carbons (Fsp3) is 0.824. The number of Topliss-reactive ketones (excluding diaryl/α,β-unsaturated/α-hetero) is 1. The Morgan fingerprint density at radius 3 is 2.76 bits per heavy atom. The van der Waals surface area contributed by atoms with Gasteiger partial charge in [-0.15, -0.1) is 6.58 Å². The minimum absolute atomic E-state index is 0.0856. The minimum Gasteiger partial charge on any atom is -0.353 e. The first-order chi connectivity index (χ1) is 10.0. The van der Waals surface area contributed by atoms with Crippen LogP contribution in [0.2, 0.25) is 0 Å². The maximum Gasteiger partial charge on any atom is 0.157 e. The summed E-state index contributed by atoms with van der Waals surface area (Å²) in [5, 5.41) is 0. The lowest BCUT2D eigenvalue weighted by molar-refractivity contribution is -0.199. The van der Waals surface area contributed by atoms with E-state index in [-0.39, 0.29) is 35.4 Å². The highest BCUT2D eigenvalue weighted by Crippen LogP contribution is 2.51. The number of carbonyl (C=O) groups is 1. The molecule has 0 aromatic carbocycles. The Morgan fingerprint density at radius 1 is 1.48 bits per heavy atom. The molecule has 1 aliphatic carbocycles. The third kappa shape index (κ3) is 3.53. The van der Waals surface area contributed by atoms with E-state index in [9.17, 15) is 4.79 Å². The first-order valence-corrected chi connectivity index (χ1v) is 9.53. The van der Waals surface area contributed by atoms with Crippen molar-refractivity contribution in [1.82, 2.24) is 0 Å². The highest BCUT2D eigenvalue weighted by molar-refractivity contribution is 14.1. The van der Waals surface area contributed by atoms with E-state index < -0.39 is 0 Å². The van der Waals surface area contributed by atoms with Crippen molar-refractivity contribution in [3.05, 3.63) is 12.7 Å². The summed E-state index contributed by atoms with van der Waals surface area (Å²) in [6, 6.07) is 0. The van der Waals surface area contributed by atoms with E-state index in [4.69, 9.17) is 9.47 Å². The van der Waals surface area contributed by atoms with E-state index in [0.717, 1.165) is 36.7 Å². The number of allylic oxidation sites excluding steroid dienone is 1. The van der Waals surface area contributed by atoms with Crippen molar-refractivity contribution >= 4 is 28.4 Å². The van der Waals surface area contributed by atoms with E-state index in [1.807, 2.05) is 6.08 Å². The van der Waals surface area contributed by atoms with E-state index >= 15 is 0 Å². The van der Waals surface area contributed by atoms with Gasteiger partial charge in [-0.1, -0.05) is 35.6 Å². The summed E-state index contributed by atoms with van der Waals surface area (Å²) in [6.45, 7) is 8.55. The Labute approximate surface area is 142 Å². The molecule has 1 heterocycles. The van der Waals surface area contributed by atoms with Crippen LogP contribution in [0.4, 0.5) is 0 Å². The number of hydrogen-bond donors (Lipinski definition) is 0. The molecule has 5 atom stereocenters. The van der Waals surface area contributed by atoms with Crippen molar-refractivity contribution in [2.75, 3.05) is 11.0 Å². The third-order valence-corrected chi connectivity index (χ3v) is 6.31. The fourth-order valence-corrected chi connectivity index (χ4v) is 4.76.